The molecule has 3 aromatic heterocycles. The van der Waals surface area contributed by atoms with Gasteiger partial charge in [-0.25, -0.2) is 0 Å². The molecule has 160 valence electrons. The van der Waals surface area contributed by atoms with Crippen LogP contribution in [0.5, 0.6) is 0 Å². The standard InChI is InChI=1S/C23H25N5O2S/c1-26-22(30)21-18(11-14-31-21)28-19(24-25-23(26)28)7-8-20(29)27-12-9-17(10-13-27)15-16-5-3-2-4-6-16/h2-6,11,14,17H,7-10,12-13,15H2,1H3. The van der Waals surface area contributed by atoms with Crippen LogP contribution in [0.3, 0.4) is 0 Å². The molecule has 4 heterocycles. The van der Waals surface area contributed by atoms with E-state index in [-0.39, 0.29) is 11.5 Å². The van der Waals surface area contributed by atoms with Gasteiger partial charge in [0.2, 0.25) is 11.7 Å². The molecule has 4 aromatic rings. The summed E-state index contributed by atoms with van der Waals surface area (Å²) in [5, 5.41) is 10.4. The van der Waals surface area contributed by atoms with Crippen molar-refractivity contribution in [3.05, 3.63) is 63.5 Å². The van der Waals surface area contributed by atoms with Crippen LogP contribution in [0.15, 0.2) is 46.6 Å². The molecule has 7 nitrogen and oxygen atoms in total. The van der Waals surface area contributed by atoms with E-state index in [2.05, 4.69) is 34.5 Å². The second kappa shape index (κ2) is 8.26. The first-order valence-corrected chi connectivity index (χ1v) is 11.6. The molecule has 1 aromatic carbocycles. The fraction of sp³-hybridized carbons (Fsp3) is 0.391. The number of hydrogen-bond donors (Lipinski definition) is 0. The molecule has 0 bridgehead atoms. The zero-order valence-electron chi connectivity index (χ0n) is 17.5. The van der Waals surface area contributed by atoms with E-state index in [1.165, 1.54) is 21.5 Å². The van der Waals surface area contributed by atoms with E-state index in [1.54, 1.807) is 7.05 Å². The third-order valence-electron chi connectivity index (χ3n) is 6.29. The van der Waals surface area contributed by atoms with E-state index in [0.717, 1.165) is 43.7 Å². The summed E-state index contributed by atoms with van der Waals surface area (Å²) >= 11 is 1.42. The molecule has 0 radical (unpaired) electrons. The number of nitrogens with zero attached hydrogens (tertiary/aromatic N) is 5. The van der Waals surface area contributed by atoms with E-state index in [9.17, 15) is 9.59 Å². The molecule has 31 heavy (non-hydrogen) atoms. The van der Waals surface area contributed by atoms with Crippen LogP contribution in [-0.2, 0) is 24.7 Å². The molecule has 0 aliphatic carbocycles. The summed E-state index contributed by atoms with van der Waals surface area (Å²) in [4.78, 5) is 27.3. The summed E-state index contributed by atoms with van der Waals surface area (Å²) in [5.74, 6) is 2.04. The van der Waals surface area contributed by atoms with Gasteiger partial charge < -0.3 is 4.90 Å². The van der Waals surface area contributed by atoms with Crippen LogP contribution in [0.1, 0.15) is 30.7 Å². The van der Waals surface area contributed by atoms with Crippen molar-refractivity contribution >= 4 is 33.2 Å². The number of aromatic nitrogens is 4. The second-order valence-electron chi connectivity index (χ2n) is 8.26. The maximum absolute atomic E-state index is 12.8. The molecular weight excluding hydrogens is 410 g/mol. The highest BCUT2D eigenvalue weighted by Gasteiger charge is 2.23. The molecular formula is C23H25N5O2S. The average molecular weight is 436 g/mol. The van der Waals surface area contributed by atoms with Crippen LogP contribution < -0.4 is 5.56 Å². The van der Waals surface area contributed by atoms with Gasteiger partial charge in [-0.3, -0.25) is 18.6 Å². The molecule has 0 saturated carbocycles. The van der Waals surface area contributed by atoms with Crippen molar-refractivity contribution in [2.75, 3.05) is 13.1 Å². The number of carbonyl (C=O) groups excluding carboxylic acids is 1. The van der Waals surface area contributed by atoms with Crippen molar-refractivity contribution in [3.8, 4) is 0 Å². The van der Waals surface area contributed by atoms with Crippen LogP contribution in [0, 0.1) is 5.92 Å². The molecule has 1 aliphatic rings. The Morgan fingerprint density at radius 2 is 1.90 bits per heavy atom. The predicted molar refractivity (Wildman–Crippen MR) is 121 cm³/mol. The fourth-order valence-corrected chi connectivity index (χ4v) is 5.38. The Morgan fingerprint density at radius 3 is 2.68 bits per heavy atom. The number of benzene rings is 1. The topological polar surface area (TPSA) is 72.5 Å². The van der Waals surface area contributed by atoms with Crippen LogP contribution in [-0.4, -0.2) is 43.1 Å². The van der Waals surface area contributed by atoms with Crippen molar-refractivity contribution in [1.29, 1.82) is 0 Å². The highest BCUT2D eigenvalue weighted by atomic mass is 32.1. The SMILES string of the molecule is Cn1c(=O)c2sccc2n2c(CCC(=O)N3CCC(Cc4ccccc4)CC3)nnc12. The Labute approximate surface area is 183 Å². The first kappa shape index (κ1) is 19.9. The van der Waals surface area contributed by atoms with Gasteiger partial charge in [0.05, 0.1) is 5.52 Å². The average Bonchev–Trinajstić information content (AvgIpc) is 3.44. The normalized spacial score (nSPS) is 15.2. The molecule has 1 amide bonds. The Hall–Kier alpha value is -3.00. The first-order valence-electron chi connectivity index (χ1n) is 10.7. The summed E-state index contributed by atoms with van der Waals surface area (Å²) < 4.78 is 4.12. The van der Waals surface area contributed by atoms with Gasteiger partial charge in [0, 0.05) is 33.0 Å². The lowest BCUT2D eigenvalue weighted by atomic mass is 9.90. The molecule has 5 rings (SSSR count). The minimum atomic E-state index is -0.0640. The Kier molecular flexibility index (Phi) is 5.31. The largest absolute Gasteiger partial charge is 0.343 e. The summed E-state index contributed by atoms with van der Waals surface area (Å²) in [6, 6.07) is 12.5. The summed E-state index contributed by atoms with van der Waals surface area (Å²) in [7, 11) is 1.71. The van der Waals surface area contributed by atoms with Gasteiger partial charge in [0.15, 0.2) is 0 Å². The van der Waals surface area contributed by atoms with Crippen molar-refractivity contribution in [1.82, 2.24) is 24.1 Å². The van der Waals surface area contributed by atoms with Gasteiger partial charge in [-0.2, -0.15) is 0 Å². The maximum Gasteiger partial charge on any atom is 0.272 e. The molecule has 1 saturated heterocycles. The smallest absolute Gasteiger partial charge is 0.272 e. The van der Waals surface area contributed by atoms with Crippen LogP contribution in [0.4, 0.5) is 0 Å². The molecule has 0 spiro atoms. The summed E-state index contributed by atoms with van der Waals surface area (Å²) in [5.41, 5.74) is 2.13. The molecule has 8 heteroatoms. The number of piperidine rings is 1. The zero-order chi connectivity index (χ0) is 21.4. The Balaban J connectivity index is 1.23. The number of amides is 1. The highest BCUT2D eigenvalue weighted by molar-refractivity contribution is 7.17. The maximum atomic E-state index is 12.8. The monoisotopic (exact) mass is 435 g/mol. The molecule has 0 N–H and O–H groups in total. The van der Waals surface area contributed by atoms with E-state index in [1.807, 2.05) is 26.8 Å². The van der Waals surface area contributed by atoms with Gasteiger partial charge in [0.1, 0.15) is 10.5 Å². The number of hydrogen-bond acceptors (Lipinski definition) is 5. The molecule has 0 atom stereocenters. The van der Waals surface area contributed by atoms with Crippen LogP contribution in [0.2, 0.25) is 0 Å². The van der Waals surface area contributed by atoms with Crippen molar-refractivity contribution in [2.45, 2.75) is 32.1 Å². The van der Waals surface area contributed by atoms with Gasteiger partial charge in [-0.05, 0) is 42.2 Å². The van der Waals surface area contributed by atoms with Gasteiger partial charge in [-0.1, -0.05) is 30.3 Å². The van der Waals surface area contributed by atoms with E-state index < -0.39 is 0 Å². The Bertz CT molecular complexity index is 1280. The number of aryl methyl sites for hydroxylation is 2. The molecule has 0 unspecified atom stereocenters. The van der Waals surface area contributed by atoms with Crippen molar-refractivity contribution in [2.24, 2.45) is 13.0 Å². The second-order valence-corrected chi connectivity index (χ2v) is 9.18. The summed E-state index contributed by atoms with van der Waals surface area (Å²) in [6.07, 6.45) is 4.09. The molecule has 1 aliphatic heterocycles. The van der Waals surface area contributed by atoms with Crippen molar-refractivity contribution < 1.29 is 4.79 Å². The van der Waals surface area contributed by atoms with Gasteiger partial charge >= 0.3 is 0 Å². The van der Waals surface area contributed by atoms with Gasteiger partial charge in [0.25, 0.3) is 5.56 Å². The number of rotatable bonds is 5. The first-order chi connectivity index (χ1) is 15.1. The quantitative estimate of drug-likeness (QED) is 0.483. The third kappa shape index (κ3) is 3.76. The lowest BCUT2D eigenvalue weighted by Gasteiger charge is -2.32. The van der Waals surface area contributed by atoms with E-state index in [4.69, 9.17) is 0 Å². The highest BCUT2D eigenvalue weighted by Crippen LogP contribution is 2.23. The van der Waals surface area contributed by atoms with Crippen molar-refractivity contribution in [3.63, 3.8) is 0 Å². The van der Waals surface area contributed by atoms with E-state index >= 15 is 0 Å². The van der Waals surface area contributed by atoms with E-state index in [0.29, 0.717) is 29.2 Å². The Morgan fingerprint density at radius 1 is 1.13 bits per heavy atom. The third-order valence-corrected chi connectivity index (χ3v) is 7.19. The predicted octanol–water partition coefficient (Wildman–Crippen LogP) is 3.06. The minimum absolute atomic E-state index is 0.0640. The minimum Gasteiger partial charge on any atom is -0.343 e. The van der Waals surface area contributed by atoms with Crippen LogP contribution in [0.25, 0.3) is 16.0 Å². The lowest BCUT2D eigenvalue weighted by molar-refractivity contribution is -0.132. The number of carbonyl (C=O) groups is 1. The lowest BCUT2D eigenvalue weighted by Crippen LogP contribution is -2.39. The van der Waals surface area contributed by atoms with Gasteiger partial charge in [-0.15, -0.1) is 21.5 Å². The van der Waals surface area contributed by atoms with Crippen LogP contribution >= 0.6 is 11.3 Å². The molecule has 1 fully saturated rings. The number of thiophene rings is 1. The number of likely N-dealkylation sites (tertiary alicyclic amines) is 1. The summed E-state index contributed by atoms with van der Waals surface area (Å²) in [6.45, 7) is 1.64. The zero-order valence-corrected chi connectivity index (χ0v) is 18.3. The fourth-order valence-electron chi connectivity index (χ4n) is 4.53. The number of fused-ring (bicyclic) bond motifs is 3.